The van der Waals surface area contributed by atoms with E-state index in [2.05, 4.69) is 4.98 Å². The summed E-state index contributed by atoms with van der Waals surface area (Å²) >= 11 is 6.26. The average Bonchev–Trinajstić information content (AvgIpc) is 3.13. The van der Waals surface area contributed by atoms with Crippen molar-refractivity contribution >= 4 is 23.4 Å². The fraction of sp³-hybridized carbons (Fsp3) is 0.522. The molecule has 1 aromatic heterocycles. The van der Waals surface area contributed by atoms with Crippen molar-refractivity contribution in [2.24, 2.45) is 0 Å². The molecule has 3 heterocycles. The van der Waals surface area contributed by atoms with Gasteiger partial charge < -0.3 is 14.2 Å². The van der Waals surface area contributed by atoms with Crippen LogP contribution in [0.3, 0.4) is 0 Å². The third-order valence-corrected chi connectivity index (χ3v) is 6.37. The molecule has 4 rings (SSSR count). The van der Waals surface area contributed by atoms with Crippen molar-refractivity contribution in [1.29, 1.82) is 0 Å². The van der Waals surface area contributed by atoms with E-state index in [-0.39, 0.29) is 24.4 Å². The Balaban J connectivity index is 1.46. The van der Waals surface area contributed by atoms with E-state index in [1.165, 1.54) is 0 Å². The normalized spacial score (nSPS) is 20.3. The Morgan fingerprint density at radius 3 is 2.83 bits per heavy atom. The quantitative estimate of drug-likeness (QED) is 0.707. The fourth-order valence-electron chi connectivity index (χ4n) is 4.33. The summed E-state index contributed by atoms with van der Waals surface area (Å²) in [5, 5.41) is 0.701. The van der Waals surface area contributed by atoms with Gasteiger partial charge in [-0.2, -0.15) is 0 Å². The SMILES string of the molecule is O=C1CCCCCN1CC(=O)N1CCCC[C@@H]1c1ncc(Cc2ccccc2Cl)o1. The molecule has 2 aliphatic rings. The van der Waals surface area contributed by atoms with Crippen LogP contribution in [0.25, 0.3) is 0 Å². The number of carbonyl (C=O) groups excluding carboxylic acids is 2. The first kappa shape index (κ1) is 20.9. The predicted molar refractivity (Wildman–Crippen MR) is 114 cm³/mol. The number of halogens is 1. The van der Waals surface area contributed by atoms with E-state index in [1.54, 1.807) is 11.1 Å². The maximum absolute atomic E-state index is 13.1. The van der Waals surface area contributed by atoms with Crippen LogP contribution >= 0.6 is 11.6 Å². The molecule has 2 aliphatic heterocycles. The fourth-order valence-corrected chi connectivity index (χ4v) is 4.54. The molecule has 2 aromatic rings. The van der Waals surface area contributed by atoms with Gasteiger partial charge in [-0.25, -0.2) is 4.98 Å². The summed E-state index contributed by atoms with van der Waals surface area (Å²) in [4.78, 5) is 33.5. The minimum absolute atomic E-state index is 0.0131. The lowest BCUT2D eigenvalue weighted by Crippen LogP contribution is -2.46. The van der Waals surface area contributed by atoms with Crippen LogP contribution in [0.2, 0.25) is 5.02 Å². The number of nitrogens with zero attached hydrogens (tertiary/aromatic N) is 3. The number of benzene rings is 1. The smallest absolute Gasteiger partial charge is 0.242 e. The van der Waals surface area contributed by atoms with Crippen LogP contribution in [-0.4, -0.2) is 46.2 Å². The first-order valence-electron chi connectivity index (χ1n) is 10.9. The largest absolute Gasteiger partial charge is 0.443 e. The molecule has 0 saturated carbocycles. The minimum Gasteiger partial charge on any atom is -0.443 e. The van der Waals surface area contributed by atoms with Gasteiger partial charge in [0.05, 0.1) is 12.7 Å². The molecular weight excluding hydrogens is 402 g/mol. The second-order valence-corrected chi connectivity index (χ2v) is 8.56. The molecule has 2 amide bonds. The molecular formula is C23H28ClN3O3. The zero-order valence-corrected chi connectivity index (χ0v) is 17.9. The number of hydrogen-bond acceptors (Lipinski definition) is 4. The van der Waals surface area contributed by atoms with Gasteiger partial charge in [0.1, 0.15) is 11.8 Å². The van der Waals surface area contributed by atoms with E-state index in [4.69, 9.17) is 16.0 Å². The summed E-state index contributed by atoms with van der Waals surface area (Å²) in [6.45, 7) is 1.50. The van der Waals surface area contributed by atoms with E-state index in [1.807, 2.05) is 29.2 Å². The summed E-state index contributed by atoms with van der Waals surface area (Å²) in [5.74, 6) is 1.39. The summed E-state index contributed by atoms with van der Waals surface area (Å²) in [6, 6.07) is 7.51. The second-order valence-electron chi connectivity index (χ2n) is 8.16. The van der Waals surface area contributed by atoms with Crippen LogP contribution in [-0.2, 0) is 16.0 Å². The van der Waals surface area contributed by atoms with Crippen molar-refractivity contribution in [2.75, 3.05) is 19.6 Å². The highest BCUT2D eigenvalue weighted by molar-refractivity contribution is 6.31. The van der Waals surface area contributed by atoms with Crippen molar-refractivity contribution in [1.82, 2.24) is 14.8 Å². The maximum atomic E-state index is 13.1. The molecule has 0 radical (unpaired) electrons. The Bertz CT molecular complexity index is 897. The number of likely N-dealkylation sites (tertiary alicyclic amines) is 2. The van der Waals surface area contributed by atoms with Gasteiger partial charge >= 0.3 is 0 Å². The van der Waals surface area contributed by atoms with E-state index >= 15 is 0 Å². The first-order chi connectivity index (χ1) is 14.6. The number of rotatable bonds is 5. The Morgan fingerprint density at radius 1 is 1.13 bits per heavy atom. The summed E-state index contributed by atoms with van der Waals surface area (Å²) < 4.78 is 6.05. The molecule has 2 fully saturated rings. The van der Waals surface area contributed by atoms with Crippen LogP contribution < -0.4 is 0 Å². The Morgan fingerprint density at radius 2 is 1.97 bits per heavy atom. The highest BCUT2D eigenvalue weighted by Gasteiger charge is 2.33. The molecule has 7 heteroatoms. The van der Waals surface area contributed by atoms with E-state index < -0.39 is 0 Å². The van der Waals surface area contributed by atoms with E-state index in [0.29, 0.717) is 36.8 Å². The average molecular weight is 430 g/mol. The Kier molecular flexibility index (Phi) is 6.72. The molecule has 0 aliphatic carbocycles. The van der Waals surface area contributed by atoms with Gasteiger partial charge in [0.15, 0.2) is 0 Å². The topological polar surface area (TPSA) is 66.7 Å². The standard InChI is InChI=1S/C23H28ClN3O3/c24-19-9-4-3-8-17(19)14-18-15-25-23(30-18)20-10-5-7-13-27(20)22(29)16-26-12-6-1-2-11-21(26)28/h3-4,8-9,15,20H,1-2,5-7,10-14,16H2/t20-/m1/s1. The predicted octanol–water partition coefficient (Wildman–Crippen LogP) is 4.38. The number of carbonyl (C=O) groups is 2. The highest BCUT2D eigenvalue weighted by Crippen LogP contribution is 2.31. The molecule has 6 nitrogen and oxygen atoms in total. The van der Waals surface area contributed by atoms with Crippen molar-refractivity contribution < 1.29 is 14.0 Å². The number of piperidine rings is 1. The molecule has 0 bridgehead atoms. The van der Waals surface area contributed by atoms with Gasteiger partial charge in [0.2, 0.25) is 17.7 Å². The van der Waals surface area contributed by atoms with Crippen molar-refractivity contribution in [2.45, 2.75) is 57.4 Å². The molecule has 1 aromatic carbocycles. The zero-order valence-electron chi connectivity index (χ0n) is 17.2. The van der Waals surface area contributed by atoms with E-state index in [0.717, 1.165) is 49.8 Å². The lowest BCUT2D eigenvalue weighted by molar-refractivity contribution is -0.143. The summed E-state index contributed by atoms with van der Waals surface area (Å²) in [6.07, 6.45) is 8.58. The van der Waals surface area contributed by atoms with Crippen molar-refractivity contribution in [3.63, 3.8) is 0 Å². The number of aromatic nitrogens is 1. The van der Waals surface area contributed by atoms with Crippen LogP contribution in [0.15, 0.2) is 34.9 Å². The third kappa shape index (κ3) is 4.86. The number of amides is 2. The Hall–Kier alpha value is -2.34. The lowest BCUT2D eigenvalue weighted by atomic mass is 10.0. The van der Waals surface area contributed by atoms with Crippen LogP contribution in [0.4, 0.5) is 0 Å². The van der Waals surface area contributed by atoms with Gasteiger partial charge in [-0.3, -0.25) is 9.59 Å². The molecule has 2 saturated heterocycles. The minimum atomic E-state index is -0.173. The maximum Gasteiger partial charge on any atom is 0.242 e. The highest BCUT2D eigenvalue weighted by atomic mass is 35.5. The van der Waals surface area contributed by atoms with Gasteiger partial charge in [-0.15, -0.1) is 0 Å². The lowest BCUT2D eigenvalue weighted by Gasteiger charge is -2.35. The molecule has 0 unspecified atom stereocenters. The van der Waals surface area contributed by atoms with Crippen LogP contribution in [0.1, 0.15) is 68.2 Å². The first-order valence-corrected chi connectivity index (χ1v) is 11.2. The van der Waals surface area contributed by atoms with Crippen LogP contribution in [0, 0.1) is 0 Å². The van der Waals surface area contributed by atoms with Crippen molar-refractivity contribution in [3.8, 4) is 0 Å². The summed E-state index contributed by atoms with van der Waals surface area (Å²) in [5.41, 5.74) is 0.984. The Labute approximate surface area is 182 Å². The second kappa shape index (κ2) is 9.65. The van der Waals surface area contributed by atoms with E-state index in [9.17, 15) is 9.59 Å². The molecule has 30 heavy (non-hydrogen) atoms. The van der Waals surface area contributed by atoms with Gasteiger partial charge in [-0.05, 0) is 43.7 Å². The molecule has 160 valence electrons. The number of oxazole rings is 1. The third-order valence-electron chi connectivity index (χ3n) is 6.00. The monoisotopic (exact) mass is 429 g/mol. The summed E-state index contributed by atoms with van der Waals surface area (Å²) in [7, 11) is 0. The van der Waals surface area contributed by atoms with Crippen LogP contribution in [0.5, 0.6) is 0 Å². The molecule has 1 atom stereocenters. The molecule has 0 N–H and O–H groups in total. The number of hydrogen-bond donors (Lipinski definition) is 0. The van der Waals surface area contributed by atoms with Crippen molar-refractivity contribution in [3.05, 3.63) is 52.7 Å². The van der Waals surface area contributed by atoms with Gasteiger partial charge in [-0.1, -0.05) is 36.2 Å². The zero-order chi connectivity index (χ0) is 20.9. The molecule has 0 spiro atoms. The van der Waals surface area contributed by atoms with Gasteiger partial charge in [0, 0.05) is 31.0 Å². The van der Waals surface area contributed by atoms with Gasteiger partial charge in [0.25, 0.3) is 0 Å².